The first-order valence-corrected chi connectivity index (χ1v) is 4.61. The quantitative estimate of drug-likeness (QED) is 0.665. The first-order chi connectivity index (χ1) is 6.31. The van der Waals surface area contributed by atoms with Crippen LogP contribution in [0, 0.1) is 0 Å². The van der Waals surface area contributed by atoms with E-state index in [4.69, 9.17) is 11.6 Å². The Morgan fingerprint density at radius 3 is 2.85 bits per heavy atom. The van der Waals surface area contributed by atoms with Crippen molar-refractivity contribution < 1.29 is 0 Å². The summed E-state index contributed by atoms with van der Waals surface area (Å²) in [5, 5.41) is 5.32. The average Bonchev–Trinajstić information content (AvgIpc) is 2.16. The van der Waals surface area contributed by atoms with Crippen molar-refractivity contribution in [1.29, 1.82) is 0 Å². The Kier molecular flexibility index (Phi) is 2.19. The molecule has 0 bridgehead atoms. The highest BCUT2D eigenvalue weighted by Gasteiger charge is 2.03. The molecule has 0 saturated carbocycles. The van der Waals surface area contributed by atoms with Gasteiger partial charge in [-0.25, -0.2) is 9.97 Å². The Balaban J connectivity index is 2.79. The molecule has 0 fully saturated rings. The summed E-state index contributed by atoms with van der Waals surface area (Å²) in [6.07, 6.45) is 6.30. The van der Waals surface area contributed by atoms with E-state index in [2.05, 4.69) is 27.4 Å². The third-order valence-corrected chi connectivity index (χ3v) is 2.21. The van der Waals surface area contributed by atoms with Gasteiger partial charge in [-0.15, -0.1) is 0 Å². The molecule has 0 amide bonds. The Labute approximate surface area is 81.2 Å². The van der Waals surface area contributed by atoms with Crippen LogP contribution >= 0.6 is 11.6 Å². The number of hydrogen-bond acceptors (Lipinski definition) is 3. The fourth-order valence-electron chi connectivity index (χ4n) is 1.45. The summed E-state index contributed by atoms with van der Waals surface area (Å²) in [6, 6.07) is 0. The molecule has 2 rings (SSSR count). The molecule has 1 aliphatic carbocycles. The van der Waals surface area contributed by atoms with Crippen LogP contribution in [0.15, 0.2) is 0 Å². The van der Waals surface area contributed by atoms with E-state index in [9.17, 15) is 0 Å². The van der Waals surface area contributed by atoms with Gasteiger partial charge in [0.25, 0.3) is 0 Å². The van der Waals surface area contributed by atoms with E-state index in [0.29, 0.717) is 5.28 Å². The zero-order valence-electron chi connectivity index (χ0n) is 7.34. The minimum absolute atomic E-state index is 0.301. The first kappa shape index (κ1) is 8.51. The monoisotopic (exact) mass is 195 g/mol. The molecule has 3 nitrogen and oxygen atoms in total. The second kappa shape index (κ2) is 3.34. The van der Waals surface area contributed by atoms with Gasteiger partial charge in [0.2, 0.25) is 5.28 Å². The van der Waals surface area contributed by atoms with Gasteiger partial charge in [0.1, 0.15) is 5.82 Å². The maximum atomic E-state index is 5.76. The van der Waals surface area contributed by atoms with Crippen molar-refractivity contribution in [3.8, 4) is 0 Å². The molecule has 1 heterocycles. The molecule has 0 radical (unpaired) electrons. The summed E-state index contributed by atoms with van der Waals surface area (Å²) in [5.74, 6) is 0.811. The van der Waals surface area contributed by atoms with Crippen molar-refractivity contribution in [3.05, 3.63) is 15.9 Å². The van der Waals surface area contributed by atoms with Crippen molar-refractivity contribution in [3.63, 3.8) is 0 Å². The van der Waals surface area contributed by atoms with Crippen LogP contribution in [0.5, 0.6) is 0 Å². The Hall–Kier alpha value is -1.09. The predicted octanol–water partition coefficient (Wildman–Crippen LogP) is 0.526. The largest absolute Gasteiger partial charge is 0.372 e. The number of nitrogens with zero attached hydrogens (tertiary/aromatic N) is 2. The van der Waals surface area contributed by atoms with Crippen LogP contribution < -0.4 is 15.9 Å². The molecule has 0 saturated heterocycles. The molecule has 1 aromatic rings. The number of hydrogen-bond donors (Lipinski definition) is 1. The summed E-state index contributed by atoms with van der Waals surface area (Å²) in [4.78, 5) is 8.25. The summed E-state index contributed by atoms with van der Waals surface area (Å²) < 4.78 is 0. The zero-order chi connectivity index (χ0) is 9.26. The van der Waals surface area contributed by atoms with Gasteiger partial charge in [-0.3, -0.25) is 0 Å². The minimum atomic E-state index is 0.301. The Morgan fingerprint density at radius 2 is 2.08 bits per heavy atom. The molecule has 0 spiro atoms. The van der Waals surface area contributed by atoms with E-state index in [1.165, 1.54) is 0 Å². The van der Waals surface area contributed by atoms with E-state index in [-0.39, 0.29) is 0 Å². The molecule has 0 unspecified atom stereocenters. The molecule has 1 aliphatic rings. The fraction of sp³-hybridized carbons (Fsp3) is 0.333. The van der Waals surface area contributed by atoms with Gasteiger partial charge >= 0.3 is 0 Å². The molecule has 1 N–H and O–H groups in total. The van der Waals surface area contributed by atoms with Gasteiger partial charge in [0.05, 0.1) is 5.35 Å². The molecular formula is C9H10ClN3. The normalized spacial score (nSPS) is 14.0. The Bertz CT molecular complexity index is 439. The lowest BCUT2D eigenvalue weighted by Crippen LogP contribution is -2.33. The third-order valence-electron chi connectivity index (χ3n) is 2.04. The van der Waals surface area contributed by atoms with Crippen molar-refractivity contribution in [2.45, 2.75) is 12.8 Å². The molecular weight excluding hydrogens is 186 g/mol. The maximum Gasteiger partial charge on any atom is 0.224 e. The lowest BCUT2D eigenvalue weighted by atomic mass is 10.1. The van der Waals surface area contributed by atoms with E-state index in [1.807, 2.05) is 7.05 Å². The van der Waals surface area contributed by atoms with Gasteiger partial charge in [-0.05, 0) is 24.4 Å². The molecule has 0 aromatic carbocycles. The smallest absolute Gasteiger partial charge is 0.224 e. The predicted molar refractivity (Wildman–Crippen MR) is 54.0 cm³/mol. The van der Waals surface area contributed by atoms with E-state index >= 15 is 0 Å². The van der Waals surface area contributed by atoms with Crippen molar-refractivity contribution in [2.75, 3.05) is 12.4 Å². The lowest BCUT2D eigenvalue weighted by molar-refractivity contribution is 1.03. The molecule has 68 valence electrons. The number of aromatic nitrogens is 2. The van der Waals surface area contributed by atoms with Crippen molar-refractivity contribution in [1.82, 2.24) is 9.97 Å². The molecule has 1 aromatic heterocycles. The van der Waals surface area contributed by atoms with Gasteiger partial charge in [-0.1, -0.05) is 12.2 Å². The van der Waals surface area contributed by atoms with Crippen LogP contribution in [-0.2, 0) is 0 Å². The van der Waals surface area contributed by atoms with Gasteiger partial charge < -0.3 is 5.32 Å². The van der Waals surface area contributed by atoms with Gasteiger partial charge in [0, 0.05) is 12.3 Å². The summed E-state index contributed by atoms with van der Waals surface area (Å²) >= 11 is 5.76. The average molecular weight is 196 g/mol. The SMILES string of the molecule is CNc1nc(Cl)nc2c1=CCCC=2. The van der Waals surface area contributed by atoms with Crippen LogP contribution in [0.4, 0.5) is 5.82 Å². The lowest BCUT2D eigenvalue weighted by Gasteiger charge is -2.04. The number of rotatable bonds is 1. The van der Waals surface area contributed by atoms with Crippen molar-refractivity contribution >= 4 is 29.6 Å². The second-order valence-electron chi connectivity index (χ2n) is 2.88. The number of fused-ring (bicyclic) bond motifs is 1. The highest BCUT2D eigenvalue weighted by atomic mass is 35.5. The Morgan fingerprint density at radius 1 is 1.31 bits per heavy atom. The van der Waals surface area contributed by atoms with E-state index < -0.39 is 0 Å². The van der Waals surface area contributed by atoms with Crippen LogP contribution in [0.25, 0.3) is 12.2 Å². The molecule has 4 heteroatoms. The van der Waals surface area contributed by atoms with Crippen LogP contribution in [-0.4, -0.2) is 17.0 Å². The van der Waals surface area contributed by atoms with Gasteiger partial charge in [-0.2, -0.15) is 0 Å². The van der Waals surface area contributed by atoms with Crippen LogP contribution in [0.2, 0.25) is 5.28 Å². The number of halogens is 1. The zero-order valence-corrected chi connectivity index (χ0v) is 8.10. The summed E-state index contributed by atoms with van der Waals surface area (Å²) in [5.41, 5.74) is 0. The molecule has 0 aliphatic heterocycles. The standard InChI is InChI=1S/C9H10ClN3/c1-11-8-6-4-2-3-5-7(6)12-9(10)13-8/h4-5H,2-3H2,1H3,(H,11,12,13). The fourth-order valence-corrected chi connectivity index (χ4v) is 1.63. The number of anilines is 1. The highest BCUT2D eigenvalue weighted by Crippen LogP contribution is 2.01. The van der Waals surface area contributed by atoms with Gasteiger partial charge in [0.15, 0.2) is 0 Å². The third kappa shape index (κ3) is 1.52. The molecule has 13 heavy (non-hydrogen) atoms. The molecule has 0 atom stereocenters. The maximum absolute atomic E-state index is 5.76. The first-order valence-electron chi connectivity index (χ1n) is 4.23. The minimum Gasteiger partial charge on any atom is -0.372 e. The highest BCUT2D eigenvalue weighted by molar-refractivity contribution is 6.28. The number of nitrogens with one attached hydrogen (secondary N) is 1. The van der Waals surface area contributed by atoms with Crippen molar-refractivity contribution in [2.24, 2.45) is 0 Å². The van der Waals surface area contributed by atoms with E-state index in [1.54, 1.807) is 0 Å². The van der Waals surface area contributed by atoms with E-state index in [0.717, 1.165) is 29.2 Å². The van der Waals surface area contributed by atoms with Crippen LogP contribution in [0.1, 0.15) is 12.8 Å². The summed E-state index contributed by atoms with van der Waals surface area (Å²) in [6.45, 7) is 0. The summed E-state index contributed by atoms with van der Waals surface area (Å²) in [7, 11) is 1.83. The van der Waals surface area contributed by atoms with Crippen LogP contribution in [0.3, 0.4) is 0 Å². The second-order valence-corrected chi connectivity index (χ2v) is 3.21. The topological polar surface area (TPSA) is 37.8 Å².